The molecule has 4 nitrogen and oxygen atoms in total. The Morgan fingerprint density at radius 1 is 1.08 bits per heavy atom. The Labute approximate surface area is 162 Å². The maximum Gasteiger partial charge on any atom is 0.264 e. The molecule has 6 heteroatoms. The first-order valence-corrected chi connectivity index (χ1v) is 9.37. The average molecular weight is 385 g/mol. The lowest BCUT2D eigenvalue weighted by molar-refractivity contribution is -0.130. The van der Waals surface area contributed by atoms with Crippen LogP contribution < -0.4 is 0 Å². The van der Waals surface area contributed by atoms with Crippen molar-refractivity contribution < 1.29 is 9.53 Å². The van der Waals surface area contributed by atoms with Crippen LogP contribution in [0, 0.1) is 11.3 Å². The van der Waals surface area contributed by atoms with Gasteiger partial charge in [-0.15, -0.1) is 0 Å². The van der Waals surface area contributed by atoms with Gasteiger partial charge in [0.15, 0.2) is 0 Å². The molecule has 0 unspecified atom stereocenters. The Morgan fingerprint density at radius 2 is 1.65 bits per heavy atom. The quantitative estimate of drug-likeness (QED) is 0.584. The topological polar surface area (TPSA) is 53.3 Å². The SMILES string of the molecule is N#C/C(=C/c1ccc(Sc2ccc(Cl)cc2)cc1)C(=O)N1CCOCC1. The van der Waals surface area contributed by atoms with Gasteiger partial charge >= 0.3 is 0 Å². The van der Waals surface area contributed by atoms with E-state index in [9.17, 15) is 10.1 Å². The molecule has 1 fully saturated rings. The summed E-state index contributed by atoms with van der Waals surface area (Å²) < 4.78 is 5.24. The van der Waals surface area contributed by atoms with Gasteiger partial charge in [0.1, 0.15) is 11.6 Å². The minimum atomic E-state index is -0.240. The number of nitriles is 1. The molecule has 2 aromatic carbocycles. The van der Waals surface area contributed by atoms with Gasteiger partial charge in [-0.2, -0.15) is 5.26 Å². The molecule has 0 bridgehead atoms. The Morgan fingerprint density at radius 3 is 2.23 bits per heavy atom. The third kappa shape index (κ3) is 4.89. The first-order chi connectivity index (χ1) is 12.7. The maximum atomic E-state index is 12.4. The van der Waals surface area contributed by atoms with Crippen molar-refractivity contribution >= 4 is 35.3 Å². The van der Waals surface area contributed by atoms with Crippen molar-refractivity contribution in [2.75, 3.05) is 26.3 Å². The second kappa shape index (κ2) is 8.91. The molecule has 0 aliphatic carbocycles. The number of carbonyl (C=O) groups is 1. The molecule has 1 amide bonds. The van der Waals surface area contributed by atoms with Crippen LogP contribution in [0.5, 0.6) is 0 Å². The zero-order valence-electron chi connectivity index (χ0n) is 14.0. The van der Waals surface area contributed by atoms with E-state index in [1.54, 1.807) is 22.7 Å². The normalized spacial score (nSPS) is 14.8. The van der Waals surface area contributed by atoms with Crippen molar-refractivity contribution in [3.63, 3.8) is 0 Å². The molecule has 1 aliphatic rings. The van der Waals surface area contributed by atoms with Crippen LogP contribution in [-0.2, 0) is 9.53 Å². The van der Waals surface area contributed by atoms with Crippen molar-refractivity contribution in [2.45, 2.75) is 9.79 Å². The number of hydrogen-bond donors (Lipinski definition) is 0. The first-order valence-electron chi connectivity index (χ1n) is 8.18. The molecule has 2 aromatic rings. The van der Waals surface area contributed by atoms with Crippen molar-refractivity contribution in [2.24, 2.45) is 0 Å². The fourth-order valence-corrected chi connectivity index (χ4v) is 3.46. The fraction of sp³-hybridized carbons (Fsp3) is 0.200. The van der Waals surface area contributed by atoms with E-state index in [0.29, 0.717) is 31.3 Å². The van der Waals surface area contributed by atoms with Crippen LogP contribution in [0.4, 0.5) is 0 Å². The number of rotatable bonds is 4. The Balaban J connectivity index is 1.70. The molecular weight excluding hydrogens is 368 g/mol. The Kier molecular flexibility index (Phi) is 6.35. The Bertz CT molecular complexity index is 836. The van der Waals surface area contributed by atoms with Gasteiger partial charge in [0, 0.05) is 27.9 Å². The summed E-state index contributed by atoms with van der Waals surface area (Å²) in [5.74, 6) is -0.240. The van der Waals surface area contributed by atoms with E-state index < -0.39 is 0 Å². The van der Waals surface area contributed by atoms with Gasteiger partial charge in [-0.1, -0.05) is 35.5 Å². The minimum absolute atomic E-state index is 0.144. The van der Waals surface area contributed by atoms with E-state index in [2.05, 4.69) is 0 Å². The molecule has 0 spiro atoms. The van der Waals surface area contributed by atoms with Gasteiger partial charge in [0.2, 0.25) is 0 Å². The summed E-state index contributed by atoms with van der Waals surface area (Å²) in [4.78, 5) is 16.3. The lowest BCUT2D eigenvalue weighted by Crippen LogP contribution is -2.41. The van der Waals surface area contributed by atoms with E-state index in [1.165, 1.54) is 0 Å². The third-order valence-corrected chi connectivity index (χ3v) is 5.16. The molecule has 0 aromatic heterocycles. The number of benzene rings is 2. The van der Waals surface area contributed by atoms with Gasteiger partial charge in [-0.25, -0.2) is 0 Å². The predicted octanol–water partition coefficient (Wildman–Crippen LogP) is 4.26. The summed E-state index contributed by atoms with van der Waals surface area (Å²) in [5.41, 5.74) is 0.966. The van der Waals surface area contributed by atoms with E-state index in [1.807, 2.05) is 54.6 Å². The standard InChI is InChI=1S/C20H17ClN2O2S/c21-17-3-7-19(8-4-17)26-18-5-1-15(2-6-18)13-16(14-22)20(24)23-9-11-25-12-10-23/h1-8,13H,9-12H2/b16-13-. The highest BCUT2D eigenvalue weighted by Crippen LogP contribution is 2.29. The lowest BCUT2D eigenvalue weighted by Gasteiger charge is -2.26. The summed E-state index contributed by atoms with van der Waals surface area (Å²) >= 11 is 7.52. The van der Waals surface area contributed by atoms with Crippen LogP contribution in [0.15, 0.2) is 63.9 Å². The summed E-state index contributed by atoms with van der Waals surface area (Å²) in [6, 6.07) is 17.4. The molecule has 0 radical (unpaired) electrons. The number of carbonyl (C=O) groups excluding carboxylic acids is 1. The van der Waals surface area contributed by atoms with E-state index >= 15 is 0 Å². The van der Waals surface area contributed by atoms with Gasteiger partial charge in [0.05, 0.1) is 13.2 Å². The molecule has 0 N–H and O–H groups in total. The fourth-order valence-electron chi connectivity index (χ4n) is 2.52. The number of ether oxygens (including phenoxy) is 1. The minimum Gasteiger partial charge on any atom is -0.378 e. The largest absolute Gasteiger partial charge is 0.378 e. The molecular formula is C20H17ClN2O2S. The zero-order chi connectivity index (χ0) is 18.4. The number of halogens is 1. The first kappa shape index (κ1) is 18.5. The maximum absolute atomic E-state index is 12.4. The molecule has 3 rings (SSSR count). The highest BCUT2D eigenvalue weighted by Gasteiger charge is 2.20. The van der Waals surface area contributed by atoms with Gasteiger partial charge in [-0.05, 0) is 48.0 Å². The molecule has 0 saturated carbocycles. The number of amides is 1. The van der Waals surface area contributed by atoms with Crippen LogP contribution in [0.25, 0.3) is 6.08 Å². The summed E-state index contributed by atoms with van der Waals surface area (Å²) in [7, 11) is 0. The van der Waals surface area contributed by atoms with Crippen LogP contribution in [0.2, 0.25) is 5.02 Å². The third-order valence-electron chi connectivity index (χ3n) is 3.89. The van der Waals surface area contributed by atoms with Crippen molar-refractivity contribution in [3.05, 3.63) is 64.7 Å². The number of nitrogens with zero attached hydrogens (tertiary/aromatic N) is 2. The lowest BCUT2D eigenvalue weighted by atomic mass is 10.1. The van der Waals surface area contributed by atoms with Crippen LogP contribution in [-0.4, -0.2) is 37.1 Å². The van der Waals surface area contributed by atoms with E-state index in [0.717, 1.165) is 15.4 Å². The van der Waals surface area contributed by atoms with Crippen molar-refractivity contribution in [1.29, 1.82) is 5.26 Å². The van der Waals surface area contributed by atoms with Gasteiger partial charge in [-0.3, -0.25) is 4.79 Å². The second-order valence-electron chi connectivity index (χ2n) is 5.70. The van der Waals surface area contributed by atoms with Crippen LogP contribution in [0.3, 0.4) is 0 Å². The average Bonchev–Trinajstić information content (AvgIpc) is 2.69. The number of morpholine rings is 1. The second-order valence-corrected chi connectivity index (χ2v) is 7.28. The highest BCUT2D eigenvalue weighted by atomic mass is 35.5. The summed E-state index contributed by atoms with van der Waals surface area (Å²) in [5, 5.41) is 10.1. The van der Waals surface area contributed by atoms with E-state index in [4.69, 9.17) is 16.3 Å². The zero-order valence-corrected chi connectivity index (χ0v) is 15.6. The van der Waals surface area contributed by atoms with Crippen molar-refractivity contribution in [3.8, 4) is 6.07 Å². The highest BCUT2D eigenvalue weighted by molar-refractivity contribution is 7.99. The monoisotopic (exact) mass is 384 g/mol. The molecule has 1 saturated heterocycles. The molecule has 1 aliphatic heterocycles. The molecule has 1 heterocycles. The smallest absolute Gasteiger partial charge is 0.264 e. The van der Waals surface area contributed by atoms with Crippen LogP contribution >= 0.6 is 23.4 Å². The molecule has 132 valence electrons. The summed E-state index contributed by atoms with van der Waals surface area (Å²) in [6.07, 6.45) is 1.63. The summed E-state index contributed by atoms with van der Waals surface area (Å²) in [6.45, 7) is 2.07. The molecule has 0 atom stereocenters. The van der Waals surface area contributed by atoms with Crippen LogP contribution in [0.1, 0.15) is 5.56 Å². The van der Waals surface area contributed by atoms with Gasteiger partial charge in [0.25, 0.3) is 5.91 Å². The predicted molar refractivity (Wildman–Crippen MR) is 103 cm³/mol. The van der Waals surface area contributed by atoms with Gasteiger partial charge < -0.3 is 9.64 Å². The van der Waals surface area contributed by atoms with E-state index in [-0.39, 0.29) is 11.5 Å². The van der Waals surface area contributed by atoms with Crippen molar-refractivity contribution in [1.82, 2.24) is 4.90 Å². The number of hydrogen-bond acceptors (Lipinski definition) is 4. The molecule has 26 heavy (non-hydrogen) atoms. The Hall–Kier alpha value is -2.26.